The van der Waals surface area contributed by atoms with Crippen LogP contribution in [0.15, 0.2) is 6.20 Å². The van der Waals surface area contributed by atoms with Gasteiger partial charge in [-0.1, -0.05) is 5.21 Å². The van der Waals surface area contributed by atoms with E-state index in [0.29, 0.717) is 11.7 Å². The van der Waals surface area contributed by atoms with E-state index in [4.69, 9.17) is 0 Å². The molecule has 1 fully saturated rings. The Morgan fingerprint density at radius 2 is 2.16 bits per heavy atom. The van der Waals surface area contributed by atoms with Crippen molar-refractivity contribution in [3.8, 4) is 0 Å². The fraction of sp³-hybridized carbons (Fsp3) is 0.750. The quantitative estimate of drug-likeness (QED) is 0.748. The zero-order chi connectivity index (χ0) is 13.8. The first-order valence-electron chi connectivity index (χ1n) is 6.60. The fourth-order valence-electron chi connectivity index (χ4n) is 1.93. The zero-order valence-corrected chi connectivity index (χ0v) is 11.8. The van der Waals surface area contributed by atoms with Crippen molar-refractivity contribution in [2.45, 2.75) is 12.5 Å². The number of rotatable bonds is 6. The average molecular weight is 266 g/mol. The van der Waals surface area contributed by atoms with E-state index in [0.717, 1.165) is 32.6 Å². The molecule has 1 N–H and O–H groups in total. The van der Waals surface area contributed by atoms with Crippen LogP contribution >= 0.6 is 0 Å². The summed E-state index contributed by atoms with van der Waals surface area (Å²) in [5, 5.41) is 11.2. The lowest BCUT2D eigenvalue weighted by Crippen LogP contribution is -2.43. The molecule has 1 amide bonds. The lowest BCUT2D eigenvalue weighted by molar-refractivity contribution is 0.0784. The number of hydrogen-bond acceptors (Lipinski definition) is 5. The van der Waals surface area contributed by atoms with E-state index < -0.39 is 0 Å². The Kier molecular flexibility index (Phi) is 4.49. The maximum absolute atomic E-state index is 12.1. The average Bonchev–Trinajstić information content (AvgIpc) is 2.74. The van der Waals surface area contributed by atoms with Gasteiger partial charge in [-0.15, -0.1) is 5.10 Å². The van der Waals surface area contributed by atoms with Gasteiger partial charge < -0.3 is 15.1 Å². The second-order valence-electron chi connectivity index (χ2n) is 5.28. The summed E-state index contributed by atoms with van der Waals surface area (Å²) in [6.07, 6.45) is 2.70. The summed E-state index contributed by atoms with van der Waals surface area (Å²) in [4.78, 5) is 16.0. The molecule has 1 saturated heterocycles. The molecule has 0 spiro atoms. The van der Waals surface area contributed by atoms with Gasteiger partial charge in [0.1, 0.15) is 0 Å². The molecule has 0 aliphatic carbocycles. The van der Waals surface area contributed by atoms with Crippen LogP contribution in [-0.4, -0.2) is 78.0 Å². The largest absolute Gasteiger partial charge is 0.340 e. The Morgan fingerprint density at radius 1 is 1.42 bits per heavy atom. The molecule has 1 aliphatic heterocycles. The second-order valence-corrected chi connectivity index (χ2v) is 5.28. The van der Waals surface area contributed by atoms with Crippen molar-refractivity contribution in [3.05, 3.63) is 11.9 Å². The summed E-state index contributed by atoms with van der Waals surface area (Å²) in [7, 11) is 5.86. The van der Waals surface area contributed by atoms with E-state index >= 15 is 0 Å². The van der Waals surface area contributed by atoms with Crippen molar-refractivity contribution in [1.29, 1.82) is 0 Å². The number of aromatic nitrogens is 3. The molecule has 19 heavy (non-hydrogen) atoms. The molecule has 0 unspecified atom stereocenters. The molecule has 0 atom stereocenters. The fourth-order valence-corrected chi connectivity index (χ4v) is 1.93. The highest BCUT2D eigenvalue weighted by molar-refractivity contribution is 5.91. The molecule has 0 radical (unpaired) electrons. The van der Waals surface area contributed by atoms with Crippen LogP contribution in [0.2, 0.25) is 0 Å². The van der Waals surface area contributed by atoms with Crippen LogP contribution in [0.4, 0.5) is 0 Å². The Morgan fingerprint density at radius 3 is 2.74 bits per heavy atom. The van der Waals surface area contributed by atoms with Crippen LogP contribution in [0.25, 0.3) is 0 Å². The highest BCUT2D eigenvalue weighted by Crippen LogP contribution is 2.10. The van der Waals surface area contributed by atoms with E-state index in [2.05, 4.69) is 20.5 Å². The van der Waals surface area contributed by atoms with E-state index in [9.17, 15) is 4.79 Å². The monoisotopic (exact) mass is 266 g/mol. The van der Waals surface area contributed by atoms with Crippen molar-refractivity contribution in [3.63, 3.8) is 0 Å². The third kappa shape index (κ3) is 3.51. The minimum Gasteiger partial charge on any atom is -0.340 e. The summed E-state index contributed by atoms with van der Waals surface area (Å²) in [5.74, 6) is -0.0581. The summed E-state index contributed by atoms with van der Waals surface area (Å²) in [5.41, 5.74) is 0.430. The Bertz CT molecular complexity index is 426. The predicted octanol–water partition coefficient (Wildman–Crippen LogP) is -0.554. The van der Waals surface area contributed by atoms with Crippen molar-refractivity contribution in [1.82, 2.24) is 30.1 Å². The molecule has 7 heteroatoms. The number of nitrogens with one attached hydrogen (secondary N) is 1. The first kappa shape index (κ1) is 14.0. The third-order valence-corrected chi connectivity index (χ3v) is 3.31. The maximum atomic E-state index is 12.1. The number of nitrogens with zero attached hydrogens (tertiary/aromatic N) is 5. The lowest BCUT2D eigenvalue weighted by Gasteiger charge is -2.26. The van der Waals surface area contributed by atoms with Gasteiger partial charge in [0, 0.05) is 26.7 Å². The van der Waals surface area contributed by atoms with E-state index in [1.54, 1.807) is 15.8 Å². The molecule has 1 aromatic heterocycles. The molecule has 106 valence electrons. The third-order valence-electron chi connectivity index (χ3n) is 3.31. The van der Waals surface area contributed by atoms with Crippen LogP contribution in [0.5, 0.6) is 0 Å². The van der Waals surface area contributed by atoms with Crippen LogP contribution in [-0.2, 0) is 0 Å². The van der Waals surface area contributed by atoms with Crippen LogP contribution in [0.3, 0.4) is 0 Å². The van der Waals surface area contributed by atoms with Crippen LogP contribution in [0, 0.1) is 0 Å². The number of amides is 1. The van der Waals surface area contributed by atoms with Gasteiger partial charge in [0.15, 0.2) is 5.69 Å². The van der Waals surface area contributed by atoms with Crippen LogP contribution < -0.4 is 5.32 Å². The zero-order valence-electron chi connectivity index (χ0n) is 11.8. The topological polar surface area (TPSA) is 66.3 Å². The SMILES string of the molecule is CN(C)CCCN(C)C(=O)c1cn(C2CNC2)nn1. The molecule has 1 aromatic rings. The minimum absolute atomic E-state index is 0.0581. The van der Waals surface area contributed by atoms with Gasteiger partial charge in [-0.3, -0.25) is 4.79 Å². The van der Waals surface area contributed by atoms with Crippen molar-refractivity contribution < 1.29 is 4.79 Å². The molecular weight excluding hydrogens is 244 g/mol. The summed E-state index contributed by atoms with van der Waals surface area (Å²) in [6, 6.07) is 0.341. The summed E-state index contributed by atoms with van der Waals surface area (Å²) in [6.45, 7) is 3.50. The Hall–Kier alpha value is -1.47. The van der Waals surface area contributed by atoms with Gasteiger partial charge in [-0.05, 0) is 27.1 Å². The first-order chi connectivity index (χ1) is 9.08. The smallest absolute Gasteiger partial charge is 0.275 e. The summed E-state index contributed by atoms with van der Waals surface area (Å²) >= 11 is 0. The maximum Gasteiger partial charge on any atom is 0.275 e. The molecule has 0 saturated carbocycles. The number of carbonyl (C=O) groups is 1. The molecule has 2 rings (SSSR count). The van der Waals surface area contributed by atoms with Crippen molar-refractivity contribution in [2.24, 2.45) is 0 Å². The van der Waals surface area contributed by atoms with Gasteiger partial charge in [0.25, 0.3) is 5.91 Å². The van der Waals surface area contributed by atoms with Crippen LogP contribution in [0.1, 0.15) is 23.0 Å². The molecule has 2 heterocycles. The van der Waals surface area contributed by atoms with E-state index in [1.807, 2.05) is 21.1 Å². The highest BCUT2D eigenvalue weighted by atomic mass is 16.2. The van der Waals surface area contributed by atoms with Crippen molar-refractivity contribution >= 4 is 5.91 Å². The lowest BCUT2D eigenvalue weighted by atomic mass is 10.2. The number of carbonyl (C=O) groups excluding carboxylic acids is 1. The van der Waals surface area contributed by atoms with Gasteiger partial charge in [-0.2, -0.15) is 0 Å². The van der Waals surface area contributed by atoms with Crippen molar-refractivity contribution in [2.75, 3.05) is 47.3 Å². The van der Waals surface area contributed by atoms with E-state index in [-0.39, 0.29) is 5.91 Å². The minimum atomic E-state index is -0.0581. The molecule has 0 bridgehead atoms. The highest BCUT2D eigenvalue weighted by Gasteiger charge is 2.22. The molecule has 1 aliphatic rings. The predicted molar refractivity (Wildman–Crippen MR) is 72.1 cm³/mol. The molecule has 7 nitrogen and oxygen atoms in total. The first-order valence-corrected chi connectivity index (χ1v) is 6.60. The number of hydrogen-bond donors (Lipinski definition) is 1. The normalized spacial score (nSPS) is 15.6. The molecular formula is C12H22N6O. The standard InChI is InChI=1S/C12H22N6O/c1-16(2)5-4-6-17(3)12(19)11-9-18(15-14-11)10-7-13-8-10/h9-10,13H,4-8H2,1-3H3. The summed E-state index contributed by atoms with van der Waals surface area (Å²) < 4.78 is 1.78. The van der Waals surface area contributed by atoms with Gasteiger partial charge in [0.2, 0.25) is 0 Å². The van der Waals surface area contributed by atoms with Gasteiger partial charge in [-0.25, -0.2) is 4.68 Å². The van der Waals surface area contributed by atoms with Gasteiger partial charge in [0.05, 0.1) is 12.2 Å². The Balaban J connectivity index is 1.85. The van der Waals surface area contributed by atoms with E-state index in [1.165, 1.54) is 0 Å². The molecule has 0 aromatic carbocycles. The second kappa shape index (κ2) is 6.12. The van der Waals surface area contributed by atoms with Gasteiger partial charge >= 0.3 is 0 Å². The Labute approximate surface area is 113 Å².